The molecule has 2 aliphatic rings. The van der Waals surface area contributed by atoms with Crippen LogP contribution >= 0.6 is 0 Å². The van der Waals surface area contributed by atoms with Gasteiger partial charge in [0.2, 0.25) is 0 Å². The summed E-state index contributed by atoms with van der Waals surface area (Å²) >= 11 is 0. The van der Waals surface area contributed by atoms with Gasteiger partial charge in [0.05, 0.1) is 0 Å². The van der Waals surface area contributed by atoms with E-state index in [4.69, 9.17) is 10.5 Å². The van der Waals surface area contributed by atoms with Crippen LogP contribution in [0.4, 0.5) is 0 Å². The fraction of sp³-hybridized carbons (Fsp3) is 0.647. The fourth-order valence-electron chi connectivity index (χ4n) is 3.68. The third kappa shape index (κ3) is 2.57. The van der Waals surface area contributed by atoms with Crippen molar-refractivity contribution >= 4 is 0 Å². The molecule has 1 heterocycles. The lowest BCUT2D eigenvalue weighted by Crippen LogP contribution is -2.55. The maximum atomic E-state index is 6.20. The van der Waals surface area contributed by atoms with E-state index in [9.17, 15) is 0 Å². The van der Waals surface area contributed by atoms with Gasteiger partial charge in [0, 0.05) is 30.7 Å². The Morgan fingerprint density at radius 1 is 1.30 bits per heavy atom. The first kappa shape index (κ1) is 13.9. The highest BCUT2D eigenvalue weighted by molar-refractivity contribution is 5.34. The van der Waals surface area contributed by atoms with E-state index in [0.717, 1.165) is 37.9 Å². The summed E-state index contributed by atoms with van der Waals surface area (Å²) in [5.74, 6) is 1.90. The lowest BCUT2D eigenvalue weighted by Gasteiger charge is -2.46. The molecule has 0 atom stereocenters. The standard InChI is InChI=1S/C17H26N2O/c1-14-6-8-17(13-18,9-7-14)19-10-11-20-16-5-3-2-4-15(16)12-19/h2-5,14H,6-13,18H2,1H3. The summed E-state index contributed by atoms with van der Waals surface area (Å²) in [6, 6.07) is 8.42. The molecule has 0 amide bonds. The Morgan fingerprint density at radius 3 is 2.80 bits per heavy atom. The summed E-state index contributed by atoms with van der Waals surface area (Å²) in [5.41, 5.74) is 7.69. The fourth-order valence-corrected chi connectivity index (χ4v) is 3.68. The van der Waals surface area contributed by atoms with Gasteiger partial charge in [-0.25, -0.2) is 0 Å². The Balaban J connectivity index is 1.82. The number of ether oxygens (including phenoxy) is 1. The van der Waals surface area contributed by atoms with Gasteiger partial charge in [-0.3, -0.25) is 4.90 Å². The predicted molar refractivity (Wildman–Crippen MR) is 81.8 cm³/mol. The van der Waals surface area contributed by atoms with Crippen molar-refractivity contribution in [3.05, 3.63) is 29.8 Å². The van der Waals surface area contributed by atoms with E-state index in [1.54, 1.807) is 0 Å². The van der Waals surface area contributed by atoms with E-state index in [0.29, 0.717) is 0 Å². The molecule has 0 unspecified atom stereocenters. The summed E-state index contributed by atoms with van der Waals surface area (Å²) < 4.78 is 5.90. The average Bonchev–Trinajstić information content (AvgIpc) is 2.71. The van der Waals surface area contributed by atoms with Crippen molar-refractivity contribution in [2.24, 2.45) is 11.7 Å². The lowest BCUT2D eigenvalue weighted by molar-refractivity contribution is 0.0341. The molecule has 1 aromatic rings. The van der Waals surface area contributed by atoms with Gasteiger partial charge in [0.1, 0.15) is 12.4 Å². The van der Waals surface area contributed by atoms with Crippen molar-refractivity contribution in [1.29, 1.82) is 0 Å². The van der Waals surface area contributed by atoms with Crippen LogP contribution in [-0.4, -0.2) is 30.1 Å². The monoisotopic (exact) mass is 274 g/mol. The molecule has 1 fully saturated rings. The molecule has 1 aromatic carbocycles. The molecule has 1 aliphatic heterocycles. The van der Waals surface area contributed by atoms with Gasteiger partial charge in [-0.15, -0.1) is 0 Å². The number of benzene rings is 1. The zero-order valence-electron chi connectivity index (χ0n) is 12.5. The number of rotatable bonds is 2. The Kier molecular flexibility index (Phi) is 3.99. The summed E-state index contributed by atoms with van der Waals surface area (Å²) in [4.78, 5) is 2.59. The SMILES string of the molecule is CC1CCC(CN)(N2CCOc3ccccc3C2)CC1. The molecule has 0 radical (unpaired) electrons. The summed E-state index contributed by atoms with van der Waals surface area (Å²) in [7, 11) is 0. The zero-order chi connectivity index (χ0) is 14.0. The Bertz CT molecular complexity index is 452. The minimum absolute atomic E-state index is 0.188. The van der Waals surface area contributed by atoms with Crippen LogP contribution in [0.5, 0.6) is 5.75 Å². The molecular weight excluding hydrogens is 248 g/mol. The van der Waals surface area contributed by atoms with Gasteiger partial charge in [0.25, 0.3) is 0 Å². The summed E-state index contributed by atoms with van der Waals surface area (Å²) in [5, 5.41) is 0. The Hall–Kier alpha value is -1.06. The number of fused-ring (bicyclic) bond motifs is 1. The second-order valence-electron chi connectivity index (χ2n) is 6.49. The molecule has 3 nitrogen and oxygen atoms in total. The van der Waals surface area contributed by atoms with Gasteiger partial charge >= 0.3 is 0 Å². The largest absolute Gasteiger partial charge is 0.492 e. The zero-order valence-corrected chi connectivity index (χ0v) is 12.5. The van der Waals surface area contributed by atoms with E-state index in [-0.39, 0.29) is 5.54 Å². The highest BCUT2D eigenvalue weighted by Gasteiger charge is 2.39. The van der Waals surface area contributed by atoms with Crippen molar-refractivity contribution in [2.45, 2.75) is 44.7 Å². The molecular formula is C17H26N2O. The van der Waals surface area contributed by atoms with Gasteiger partial charge in [-0.1, -0.05) is 25.1 Å². The molecule has 1 aliphatic carbocycles. The molecule has 0 aromatic heterocycles. The van der Waals surface area contributed by atoms with Crippen LogP contribution in [0.2, 0.25) is 0 Å². The molecule has 2 N–H and O–H groups in total. The number of nitrogens with two attached hydrogens (primary N) is 1. The second-order valence-corrected chi connectivity index (χ2v) is 6.49. The van der Waals surface area contributed by atoms with E-state index >= 15 is 0 Å². The number of hydrogen-bond acceptors (Lipinski definition) is 3. The van der Waals surface area contributed by atoms with Crippen molar-refractivity contribution in [1.82, 2.24) is 4.90 Å². The second kappa shape index (κ2) is 5.74. The van der Waals surface area contributed by atoms with E-state index in [1.807, 2.05) is 0 Å². The highest BCUT2D eigenvalue weighted by Crippen LogP contribution is 2.38. The van der Waals surface area contributed by atoms with Crippen LogP contribution in [0.25, 0.3) is 0 Å². The first-order valence-corrected chi connectivity index (χ1v) is 7.89. The van der Waals surface area contributed by atoms with Crippen molar-refractivity contribution in [2.75, 3.05) is 19.7 Å². The Morgan fingerprint density at radius 2 is 2.05 bits per heavy atom. The van der Waals surface area contributed by atoms with Crippen molar-refractivity contribution in [3.63, 3.8) is 0 Å². The van der Waals surface area contributed by atoms with Gasteiger partial charge in [-0.2, -0.15) is 0 Å². The molecule has 0 bridgehead atoms. The molecule has 1 saturated carbocycles. The quantitative estimate of drug-likeness (QED) is 0.901. The van der Waals surface area contributed by atoms with Crippen LogP contribution in [0, 0.1) is 5.92 Å². The number of hydrogen-bond donors (Lipinski definition) is 1. The first-order valence-electron chi connectivity index (χ1n) is 7.89. The number of nitrogens with zero attached hydrogens (tertiary/aromatic N) is 1. The van der Waals surface area contributed by atoms with Gasteiger partial charge in [0.15, 0.2) is 0 Å². The average molecular weight is 274 g/mol. The minimum Gasteiger partial charge on any atom is -0.492 e. The van der Waals surface area contributed by atoms with Crippen LogP contribution in [0.3, 0.4) is 0 Å². The van der Waals surface area contributed by atoms with Gasteiger partial charge in [-0.05, 0) is 37.7 Å². The van der Waals surface area contributed by atoms with Gasteiger partial charge < -0.3 is 10.5 Å². The third-order valence-electron chi connectivity index (χ3n) is 5.21. The molecule has 3 heteroatoms. The van der Waals surface area contributed by atoms with Crippen LogP contribution in [0.1, 0.15) is 38.2 Å². The summed E-state index contributed by atoms with van der Waals surface area (Å²) in [6.45, 7) is 5.86. The smallest absolute Gasteiger partial charge is 0.123 e. The van der Waals surface area contributed by atoms with Crippen molar-refractivity contribution in [3.8, 4) is 5.75 Å². The predicted octanol–water partition coefficient (Wildman–Crippen LogP) is 2.79. The molecule has 3 rings (SSSR count). The van der Waals surface area contributed by atoms with E-state index in [2.05, 4.69) is 36.1 Å². The minimum atomic E-state index is 0.188. The maximum absolute atomic E-state index is 6.20. The molecule has 0 saturated heterocycles. The molecule has 0 spiro atoms. The van der Waals surface area contributed by atoms with E-state index < -0.39 is 0 Å². The highest BCUT2D eigenvalue weighted by atomic mass is 16.5. The lowest BCUT2D eigenvalue weighted by atomic mass is 9.76. The Labute approximate surface area is 122 Å². The summed E-state index contributed by atoms with van der Waals surface area (Å²) in [6.07, 6.45) is 5.06. The molecule has 20 heavy (non-hydrogen) atoms. The van der Waals surface area contributed by atoms with Crippen LogP contribution in [-0.2, 0) is 6.54 Å². The van der Waals surface area contributed by atoms with Crippen molar-refractivity contribution < 1.29 is 4.74 Å². The number of para-hydroxylation sites is 1. The van der Waals surface area contributed by atoms with Crippen LogP contribution in [0.15, 0.2) is 24.3 Å². The topological polar surface area (TPSA) is 38.5 Å². The van der Waals surface area contributed by atoms with E-state index in [1.165, 1.54) is 31.2 Å². The third-order valence-corrected chi connectivity index (χ3v) is 5.21. The first-order chi connectivity index (χ1) is 9.73. The molecule has 110 valence electrons. The van der Waals surface area contributed by atoms with Crippen LogP contribution < -0.4 is 10.5 Å². The maximum Gasteiger partial charge on any atom is 0.123 e. The normalized spacial score (nSPS) is 31.2.